The van der Waals surface area contributed by atoms with Crippen molar-refractivity contribution in [3.8, 4) is 0 Å². The Hall–Kier alpha value is -1.82. The topological polar surface area (TPSA) is 32.3 Å². The lowest BCUT2D eigenvalue weighted by atomic mass is 9.97. The first-order valence-electron chi connectivity index (χ1n) is 6.95. The maximum absolute atomic E-state index is 12.8. The molecule has 1 N–H and O–H groups in total. The number of alkyl halides is 3. The molecule has 1 aromatic rings. The largest absolute Gasteiger partial charge is 0.454 e. The zero-order valence-electron chi connectivity index (χ0n) is 13.0. The lowest BCUT2D eigenvalue weighted by molar-refractivity contribution is -0.166. The number of rotatable bonds is 2. The molecule has 22 heavy (non-hydrogen) atoms. The normalized spacial score (nSPS) is 19.3. The lowest BCUT2D eigenvalue weighted by Crippen LogP contribution is -2.44. The molecule has 0 spiro atoms. The second-order valence-electron chi connectivity index (χ2n) is 6.42. The minimum Gasteiger partial charge on any atom is -0.309 e. The van der Waals surface area contributed by atoms with Crippen LogP contribution in [0.15, 0.2) is 36.0 Å². The molecular formula is C16H19F3N2O. The summed E-state index contributed by atoms with van der Waals surface area (Å²) in [6.45, 7) is 7.45. The number of hydrogen-bond acceptors (Lipinski definition) is 3. The van der Waals surface area contributed by atoms with Crippen LogP contribution >= 0.6 is 0 Å². The van der Waals surface area contributed by atoms with Crippen molar-refractivity contribution in [3.05, 3.63) is 47.2 Å². The van der Waals surface area contributed by atoms with E-state index in [1.807, 2.05) is 39.8 Å². The van der Waals surface area contributed by atoms with E-state index < -0.39 is 23.5 Å². The van der Waals surface area contributed by atoms with Crippen LogP contribution in [0.2, 0.25) is 0 Å². The fourth-order valence-electron chi connectivity index (χ4n) is 2.21. The van der Waals surface area contributed by atoms with Crippen LogP contribution in [0.5, 0.6) is 0 Å². The van der Waals surface area contributed by atoms with Crippen LogP contribution in [0.25, 0.3) is 0 Å². The standard InChI is InChI=1S/C16H19F3N2O/c1-10-5-7-11(8-6-10)13-12(14(22)16(17,18)19)9-21(20-13)15(2,3)4/h5-9,13,20H,1-4H3. The van der Waals surface area contributed by atoms with Crippen LogP contribution in [0.3, 0.4) is 0 Å². The Bertz CT molecular complexity index is 597. The van der Waals surface area contributed by atoms with E-state index >= 15 is 0 Å². The predicted octanol–water partition coefficient (Wildman–Crippen LogP) is 3.67. The van der Waals surface area contributed by atoms with Crippen LogP contribution in [-0.2, 0) is 4.79 Å². The van der Waals surface area contributed by atoms with Gasteiger partial charge in [0.2, 0.25) is 0 Å². The van der Waals surface area contributed by atoms with Gasteiger partial charge in [-0.2, -0.15) is 13.2 Å². The number of benzene rings is 1. The number of carbonyl (C=O) groups excluding carboxylic acids is 1. The molecule has 0 saturated carbocycles. The van der Waals surface area contributed by atoms with Crippen molar-refractivity contribution in [2.24, 2.45) is 0 Å². The number of halogens is 3. The first kappa shape index (κ1) is 16.5. The lowest BCUT2D eigenvalue weighted by Gasteiger charge is -2.33. The van der Waals surface area contributed by atoms with Gasteiger partial charge in [0, 0.05) is 17.3 Å². The van der Waals surface area contributed by atoms with Crippen LogP contribution in [0.1, 0.15) is 37.9 Å². The summed E-state index contributed by atoms with van der Waals surface area (Å²) in [7, 11) is 0. The zero-order valence-corrected chi connectivity index (χ0v) is 13.0. The molecule has 2 rings (SSSR count). The van der Waals surface area contributed by atoms with Crippen molar-refractivity contribution in [1.29, 1.82) is 0 Å². The summed E-state index contributed by atoms with van der Waals surface area (Å²) in [4.78, 5) is 11.7. The van der Waals surface area contributed by atoms with E-state index in [0.29, 0.717) is 5.56 Å². The first-order chi connectivity index (χ1) is 10.00. The fourth-order valence-corrected chi connectivity index (χ4v) is 2.21. The van der Waals surface area contributed by atoms with Gasteiger partial charge in [0.1, 0.15) is 0 Å². The summed E-state index contributed by atoms with van der Waals surface area (Å²) in [6.07, 6.45) is -3.62. The molecule has 0 radical (unpaired) electrons. The van der Waals surface area contributed by atoms with Crippen molar-refractivity contribution in [1.82, 2.24) is 10.4 Å². The van der Waals surface area contributed by atoms with Gasteiger partial charge < -0.3 is 5.01 Å². The number of aryl methyl sites for hydroxylation is 1. The highest BCUT2D eigenvalue weighted by atomic mass is 19.4. The fraction of sp³-hybridized carbons (Fsp3) is 0.438. The summed E-state index contributed by atoms with van der Waals surface area (Å²) in [5.41, 5.74) is 3.88. The average Bonchev–Trinajstić information content (AvgIpc) is 2.82. The van der Waals surface area contributed by atoms with E-state index in [1.54, 1.807) is 17.1 Å². The van der Waals surface area contributed by atoms with E-state index in [4.69, 9.17) is 0 Å². The van der Waals surface area contributed by atoms with Gasteiger partial charge in [0.25, 0.3) is 5.78 Å². The molecule has 0 aromatic heterocycles. The van der Waals surface area contributed by atoms with Crippen LogP contribution in [-0.4, -0.2) is 22.5 Å². The Morgan fingerprint density at radius 3 is 2.14 bits per heavy atom. The minimum atomic E-state index is -4.88. The van der Waals surface area contributed by atoms with E-state index in [9.17, 15) is 18.0 Å². The molecule has 1 aliphatic heterocycles. The van der Waals surface area contributed by atoms with Crippen LogP contribution in [0.4, 0.5) is 13.2 Å². The Morgan fingerprint density at radius 1 is 1.14 bits per heavy atom. The molecule has 1 atom stereocenters. The second-order valence-corrected chi connectivity index (χ2v) is 6.42. The number of hydrazine groups is 1. The Morgan fingerprint density at radius 2 is 1.68 bits per heavy atom. The van der Waals surface area contributed by atoms with Gasteiger partial charge in [0.15, 0.2) is 0 Å². The van der Waals surface area contributed by atoms with Gasteiger partial charge in [0.05, 0.1) is 6.04 Å². The highest BCUT2D eigenvalue weighted by Gasteiger charge is 2.46. The molecule has 3 nitrogen and oxygen atoms in total. The molecule has 6 heteroatoms. The minimum absolute atomic E-state index is 0.286. The van der Waals surface area contributed by atoms with Crippen LogP contribution in [0, 0.1) is 6.92 Å². The molecule has 120 valence electrons. The zero-order chi connectivity index (χ0) is 16.7. The van der Waals surface area contributed by atoms with Crippen molar-refractivity contribution >= 4 is 5.78 Å². The maximum atomic E-state index is 12.8. The Labute approximate surface area is 127 Å². The molecule has 1 aliphatic rings. The highest BCUT2D eigenvalue weighted by molar-refractivity contribution is 6.01. The molecule has 1 heterocycles. The quantitative estimate of drug-likeness (QED) is 0.904. The van der Waals surface area contributed by atoms with Crippen molar-refractivity contribution in [2.45, 2.75) is 45.5 Å². The summed E-state index contributed by atoms with van der Waals surface area (Å²) in [5, 5.41) is 1.55. The number of carbonyl (C=O) groups is 1. The van der Waals surface area contributed by atoms with E-state index in [0.717, 1.165) is 5.56 Å². The Balaban J connectivity index is 2.42. The summed E-state index contributed by atoms with van der Waals surface area (Å²) in [6, 6.07) is 6.29. The molecular weight excluding hydrogens is 293 g/mol. The molecule has 0 fully saturated rings. The molecule has 0 bridgehead atoms. The molecule has 1 unspecified atom stereocenters. The highest BCUT2D eigenvalue weighted by Crippen LogP contribution is 2.35. The number of nitrogens with zero attached hydrogens (tertiary/aromatic N) is 1. The summed E-state index contributed by atoms with van der Waals surface area (Å²) in [5.74, 6) is -1.81. The van der Waals surface area contributed by atoms with Crippen molar-refractivity contribution in [2.75, 3.05) is 0 Å². The maximum Gasteiger partial charge on any atom is 0.454 e. The van der Waals surface area contributed by atoms with Gasteiger partial charge in [-0.05, 0) is 33.3 Å². The van der Waals surface area contributed by atoms with E-state index in [1.165, 1.54) is 6.20 Å². The molecule has 0 amide bonds. The first-order valence-corrected chi connectivity index (χ1v) is 6.95. The number of hydrogen-bond donors (Lipinski definition) is 1. The van der Waals surface area contributed by atoms with Crippen molar-refractivity contribution < 1.29 is 18.0 Å². The van der Waals surface area contributed by atoms with Gasteiger partial charge in [-0.3, -0.25) is 4.79 Å². The molecule has 0 saturated heterocycles. The third-order valence-corrected chi connectivity index (χ3v) is 3.50. The van der Waals surface area contributed by atoms with Crippen LogP contribution < -0.4 is 5.43 Å². The number of Topliss-reactive ketones (excluding diaryl/α,β-unsaturated/α-hetero) is 1. The molecule has 0 aliphatic carbocycles. The predicted molar refractivity (Wildman–Crippen MR) is 77.8 cm³/mol. The number of ketones is 1. The van der Waals surface area contributed by atoms with Gasteiger partial charge >= 0.3 is 6.18 Å². The Kier molecular flexibility index (Phi) is 4.08. The monoisotopic (exact) mass is 312 g/mol. The summed E-state index contributed by atoms with van der Waals surface area (Å²) >= 11 is 0. The third-order valence-electron chi connectivity index (χ3n) is 3.50. The smallest absolute Gasteiger partial charge is 0.309 e. The molecule has 1 aromatic carbocycles. The summed E-state index contributed by atoms with van der Waals surface area (Å²) < 4.78 is 38.5. The number of nitrogens with one attached hydrogen (secondary N) is 1. The second kappa shape index (κ2) is 5.43. The van der Waals surface area contributed by atoms with Crippen molar-refractivity contribution in [3.63, 3.8) is 0 Å². The average molecular weight is 312 g/mol. The van der Waals surface area contributed by atoms with Gasteiger partial charge in [-0.25, -0.2) is 5.43 Å². The van der Waals surface area contributed by atoms with Gasteiger partial charge in [-0.15, -0.1) is 0 Å². The van der Waals surface area contributed by atoms with E-state index in [-0.39, 0.29) is 5.57 Å². The van der Waals surface area contributed by atoms with Gasteiger partial charge in [-0.1, -0.05) is 29.8 Å². The van der Waals surface area contributed by atoms with E-state index in [2.05, 4.69) is 5.43 Å². The SMILES string of the molecule is Cc1ccc(C2NN(C(C)(C)C)C=C2C(=O)C(F)(F)F)cc1. The third kappa shape index (κ3) is 3.32.